The predicted molar refractivity (Wildman–Crippen MR) is 71.7 cm³/mol. The van der Waals surface area contributed by atoms with Gasteiger partial charge in [-0.3, -0.25) is 10.1 Å². The molecular weight excluding hydrogens is 312 g/mol. The lowest BCUT2D eigenvalue weighted by Crippen LogP contribution is -2.32. The molecule has 1 aromatic heterocycles. The highest BCUT2D eigenvalue weighted by molar-refractivity contribution is 5.76. The number of hydrogen-bond donors (Lipinski definition) is 1. The normalized spacial score (nSPS) is 11.5. The van der Waals surface area contributed by atoms with E-state index in [1.165, 1.54) is 29.5 Å². The average molecular weight is 322 g/mol. The Morgan fingerprint density at radius 2 is 2.04 bits per heavy atom. The zero-order valence-electron chi connectivity index (χ0n) is 11.4. The standard InChI is InChI=1S/C12H10N4O7/c17-11(18)10(5-15-7-13-6-14-15)23-12(19)22-9-3-1-8(2-4-9)16(20)21/h1-4,6-7,10H,5H2,(H,17,18). The molecule has 23 heavy (non-hydrogen) atoms. The Morgan fingerprint density at radius 1 is 1.35 bits per heavy atom. The first-order valence-electron chi connectivity index (χ1n) is 6.14. The molecular formula is C12H10N4O7. The lowest BCUT2D eigenvalue weighted by Gasteiger charge is -2.13. The number of nitro benzene ring substituents is 1. The number of non-ortho nitro benzene ring substituents is 1. The van der Waals surface area contributed by atoms with Crippen molar-refractivity contribution in [2.75, 3.05) is 0 Å². The second kappa shape index (κ2) is 6.98. The monoisotopic (exact) mass is 322 g/mol. The first-order valence-corrected chi connectivity index (χ1v) is 6.14. The Labute approximate surface area is 128 Å². The van der Waals surface area contributed by atoms with E-state index in [2.05, 4.69) is 14.8 Å². The van der Waals surface area contributed by atoms with Gasteiger partial charge in [0.1, 0.15) is 18.4 Å². The number of carboxylic acids is 1. The molecule has 1 N–H and O–H groups in total. The van der Waals surface area contributed by atoms with Crippen molar-refractivity contribution in [3.63, 3.8) is 0 Å². The average Bonchev–Trinajstić information content (AvgIpc) is 3.00. The van der Waals surface area contributed by atoms with Crippen LogP contribution in [0, 0.1) is 10.1 Å². The summed E-state index contributed by atoms with van der Waals surface area (Å²) in [5, 5.41) is 23.2. The maximum absolute atomic E-state index is 11.6. The van der Waals surface area contributed by atoms with E-state index in [0.29, 0.717) is 0 Å². The minimum atomic E-state index is -1.53. The summed E-state index contributed by atoms with van der Waals surface area (Å²) in [5.74, 6) is -1.41. The van der Waals surface area contributed by atoms with Crippen molar-refractivity contribution >= 4 is 17.8 Å². The van der Waals surface area contributed by atoms with Crippen LogP contribution in [0.5, 0.6) is 5.75 Å². The summed E-state index contributed by atoms with van der Waals surface area (Å²) in [6, 6.07) is 4.64. The molecule has 0 spiro atoms. The molecule has 1 unspecified atom stereocenters. The number of nitro groups is 1. The summed E-state index contributed by atoms with van der Waals surface area (Å²) in [6.45, 7) is -0.245. The summed E-state index contributed by atoms with van der Waals surface area (Å²) in [6.07, 6.45) is -0.316. The van der Waals surface area contributed by atoms with Crippen molar-refractivity contribution < 1.29 is 29.1 Å². The lowest BCUT2D eigenvalue weighted by molar-refractivity contribution is -0.384. The minimum absolute atomic E-state index is 0.0227. The Balaban J connectivity index is 1.96. The van der Waals surface area contributed by atoms with Gasteiger partial charge < -0.3 is 14.6 Å². The maximum atomic E-state index is 11.6. The van der Waals surface area contributed by atoms with Gasteiger partial charge in [0.15, 0.2) is 0 Å². The van der Waals surface area contributed by atoms with Gasteiger partial charge in [-0.05, 0) is 12.1 Å². The van der Waals surface area contributed by atoms with E-state index >= 15 is 0 Å². The molecule has 2 rings (SSSR count). The molecule has 1 heterocycles. The summed E-state index contributed by atoms with van der Waals surface area (Å²) in [4.78, 5) is 36.2. The van der Waals surface area contributed by atoms with Crippen molar-refractivity contribution in [2.45, 2.75) is 12.6 Å². The van der Waals surface area contributed by atoms with Crippen LogP contribution in [-0.4, -0.2) is 43.0 Å². The van der Waals surface area contributed by atoms with Crippen LogP contribution in [0.15, 0.2) is 36.9 Å². The van der Waals surface area contributed by atoms with Crippen LogP contribution < -0.4 is 4.74 Å². The molecule has 0 saturated heterocycles. The van der Waals surface area contributed by atoms with Gasteiger partial charge in [-0.25, -0.2) is 19.3 Å². The number of carbonyl (C=O) groups is 2. The fourth-order valence-electron chi connectivity index (χ4n) is 1.54. The third-order valence-electron chi connectivity index (χ3n) is 2.58. The molecule has 11 heteroatoms. The number of rotatable bonds is 6. The van der Waals surface area contributed by atoms with E-state index < -0.39 is 23.2 Å². The van der Waals surface area contributed by atoms with Crippen LogP contribution in [0.3, 0.4) is 0 Å². The van der Waals surface area contributed by atoms with Gasteiger partial charge in [0.05, 0.1) is 11.5 Å². The second-order valence-corrected chi connectivity index (χ2v) is 4.17. The first kappa shape index (κ1) is 15.9. The summed E-state index contributed by atoms with van der Waals surface area (Å²) >= 11 is 0. The molecule has 0 saturated carbocycles. The Bertz CT molecular complexity index is 699. The predicted octanol–water partition coefficient (Wildman–Crippen LogP) is 0.855. The van der Waals surface area contributed by atoms with Crippen LogP contribution >= 0.6 is 0 Å². The van der Waals surface area contributed by atoms with E-state index in [0.717, 1.165) is 12.1 Å². The number of carboxylic acid groups (broad SMARTS) is 1. The van der Waals surface area contributed by atoms with Crippen molar-refractivity contribution in [1.29, 1.82) is 0 Å². The summed E-state index contributed by atoms with van der Waals surface area (Å²) in [7, 11) is 0. The fourth-order valence-corrected chi connectivity index (χ4v) is 1.54. The van der Waals surface area contributed by atoms with E-state index in [1.807, 2.05) is 0 Å². The molecule has 0 amide bonds. The number of benzene rings is 1. The van der Waals surface area contributed by atoms with Gasteiger partial charge in [0, 0.05) is 12.1 Å². The number of carbonyl (C=O) groups excluding carboxylic acids is 1. The number of aromatic nitrogens is 3. The molecule has 0 fully saturated rings. The Kier molecular flexibility index (Phi) is 4.82. The number of aliphatic carboxylic acids is 1. The highest BCUT2D eigenvalue weighted by Gasteiger charge is 2.24. The molecule has 0 aliphatic rings. The van der Waals surface area contributed by atoms with Gasteiger partial charge in [-0.1, -0.05) is 0 Å². The molecule has 11 nitrogen and oxygen atoms in total. The molecule has 2 aromatic rings. The van der Waals surface area contributed by atoms with Gasteiger partial charge in [-0.2, -0.15) is 5.10 Å². The number of ether oxygens (including phenoxy) is 2. The van der Waals surface area contributed by atoms with Crippen LogP contribution in [0.2, 0.25) is 0 Å². The smallest absolute Gasteiger partial charge is 0.478 e. The molecule has 1 atom stereocenters. The van der Waals surface area contributed by atoms with Crippen LogP contribution in [0.1, 0.15) is 0 Å². The molecule has 1 aromatic carbocycles. The SMILES string of the molecule is O=C(Oc1ccc([N+](=O)[O-])cc1)OC(Cn1cncn1)C(=O)O. The topological polar surface area (TPSA) is 147 Å². The van der Waals surface area contributed by atoms with Crippen LogP contribution in [0.25, 0.3) is 0 Å². The summed E-state index contributed by atoms with van der Waals surface area (Å²) in [5.41, 5.74) is -0.180. The molecule has 0 bridgehead atoms. The largest absolute Gasteiger partial charge is 0.514 e. The van der Waals surface area contributed by atoms with Crippen molar-refractivity contribution in [3.8, 4) is 5.75 Å². The molecule has 0 aliphatic heterocycles. The van der Waals surface area contributed by atoms with E-state index in [9.17, 15) is 19.7 Å². The first-order chi connectivity index (χ1) is 11.0. The quantitative estimate of drug-likeness (QED) is 0.354. The minimum Gasteiger partial charge on any atom is -0.478 e. The van der Waals surface area contributed by atoms with E-state index in [1.54, 1.807) is 0 Å². The van der Waals surface area contributed by atoms with Crippen LogP contribution in [-0.2, 0) is 16.1 Å². The van der Waals surface area contributed by atoms with Crippen LogP contribution in [0.4, 0.5) is 10.5 Å². The van der Waals surface area contributed by atoms with Gasteiger partial charge in [0.2, 0.25) is 6.10 Å². The third-order valence-corrected chi connectivity index (χ3v) is 2.58. The number of nitrogens with zero attached hydrogens (tertiary/aromatic N) is 4. The maximum Gasteiger partial charge on any atom is 0.514 e. The second-order valence-electron chi connectivity index (χ2n) is 4.17. The molecule has 0 radical (unpaired) electrons. The van der Waals surface area contributed by atoms with Crippen molar-refractivity contribution in [3.05, 3.63) is 47.0 Å². The zero-order chi connectivity index (χ0) is 16.8. The lowest BCUT2D eigenvalue weighted by atomic mass is 10.3. The van der Waals surface area contributed by atoms with Crippen molar-refractivity contribution in [2.24, 2.45) is 0 Å². The van der Waals surface area contributed by atoms with E-state index in [-0.39, 0.29) is 18.0 Å². The highest BCUT2D eigenvalue weighted by Crippen LogP contribution is 2.18. The molecule has 0 aliphatic carbocycles. The van der Waals surface area contributed by atoms with Gasteiger partial charge in [-0.15, -0.1) is 0 Å². The molecule has 120 valence electrons. The van der Waals surface area contributed by atoms with Crippen molar-refractivity contribution in [1.82, 2.24) is 14.8 Å². The zero-order valence-corrected chi connectivity index (χ0v) is 11.4. The third kappa shape index (κ3) is 4.49. The van der Waals surface area contributed by atoms with Gasteiger partial charge in [0.25, 0.3) is 5.69 Å². The Hall–Kier alpha value is -3.50. The number of hydrogen-bond acceptors (Lipinski definition) is 8. The highest BCUT2D eigenvalue weighted by atomic mass is 16.7. The summed E-state index contributed by atoms with van der Waals surface area (Å²) < 4.78 is 10.6. The van der Waals surface area contributed by atoms with E-state index in [4.69, 9.17) is 9.84 Å². The van der Waals surface area contributed by atoms with Gasteiger partial charge >= 0.3 is 12.1 Å². The fraction of sp³-hybridized carbons (Fsp3) is 0.167. The Morgan fingerprint density at radius 3 is 2.57 bits per heavy atom.